The number of halogens is 2. The zero-order valence-corrected chi connectivity index (χ0v) is 11.3. The minimum Gasteiger partial charge on any atom is -0.271 e. The number of alkyl halides is 2. The molecular formula is C14H26F2N2. The van der Waals surface area contributed by atoms with Crippen molar-refractivity contribution in [2.45, 2.75) is 70.3 Å². The van der Waals surface area contributed by atoms with Crippen molar-refractivity contribution in [3.05, 3.63) is 0 Å². The average Bonchev–Trinajstić information content (AvgIpc) is 2.32. The lowest BCUT2D eigenvalue weighted by Crippen LogP contribution is -2.49. The fourth-order valence-electron chi connectivity index (χ4n) is 3.89. The molecule has 0 bridgehead atoms. The predicted molar refractivity (Wildman–Crippen MR) is 69.1 cm³/mol. The lowest BCUT2D eigenvalue weighted by Gasteiger charge is -2.40. The Labute approximate surface area is 109 Å². The molecule has 0 amide bonds. The lowest BCUT2D eigenvalue weighted by molar-refractivity contribution is -0.0533. The molecule has 3 atom stereocenters. The summed E-state index contributed by atoms with van der Waals surface area (Å²) < 4.78 is 26.4. The van der Waals surface area contributed by atoms with Crippen molar-refractivity contribution in [3.8, 4) is 0 Å². The minimum atomic E-state index is -2.44. The first-order chi connectivity index (χ1) is 8.52. The molecule has 0 saturated heterocycles. The van der Waals surface area contributed by atoms with Gasteiger partial charge in [-0.3, -0.25) is 11.3 Å². The maximum Gasteiger partial charge on any atom is 0.248 e. The normalized spacial score (nSPS) is 35.3. The first-order valence-electron chi connectivity index (χ1n) is 7.36. The Hall–Kier alpha value is -0.220. The Morgan fingerprint density at radius 2 is 1.78 bits per heavy atom. The van der Waals surface area contributed by atoms with Crippen LogP contribution in [0.2, 0.25) is 0 Å². The summed E-state index contributed by atoms with van der Waals surface area (Å²) in [6.07, 6.45) is 6.27. The molecule has 106 valence electrons. The number of hydrazine groups is 1. The van der Waals surface area contributed by atoms with Crippen LogP contribution in [0.3, 0.4) is 0 Å². The highest BCUT2D eigenvalue weighted by molar-refractivity contribution is 4.89. The Bertz CT molecular complexity index is 261. The minimum absolute atomic E-state index is 0.0398. The molecule has 4 heteroatoms. The summed E-state index contributed by atoms with van der Waals surface area (Å²) in [5.74, 6) is 4.95. The summed E-state index contributed by atoms with van der Waals surface area (Å²) in [4.78, 5) is 0. The first-order valence-corrected chi connectivity index (χ1v) is 7.36. The molecule has 3 unspecified atom stereocenters. The standard InChI is InChI=1S/C14H26F2N2/c1-10-3-2-4-12(9-10)13(18-17)11-5-7-14(15,16)8-6-11/h10-13,18H,2-9,17H2,1H3. The number of nitrogens with one attached hydrogen (secondary N) is 1. The van der Waals surface area contributed by atoms with E-state index in [0.29, 0.717) is 24.7 Å². The second kappa shape index (κ2) is 5.83. The van der Waals surface area contributed by atoms with E-state index < -0.39 is 5.92 Å². The highest BCUT2D eigenvalue weighted by Gasteiger charge is 2.40. The fraction of sp³-hybridized carbons (Fsp3) is 1.00. The van der Waals surface area contributed by atoms with Crippen molar-refractivity contribution in [2.75, 3.05) is 0 Å². The van der Waals surface area contributed by atoms with Crippen LogP contribution in [-0.4, -0.2) is 12.0 Å². The zero-order valence-electron chi connectivity index (χ0n) is 11.3. The summed E-state index contributed by atoms with van der Waals surface area (Å²) in [5.41, 5.74) is 2.94. The maximum atomic E-state index is 13.2. The van der Waals surface area contributed by atoms with Crippen LogP contribution in [-0.2, 0) is 0 Å². The molecule has 3 N–H and O–H groups in total. The van der Waals surface area contributed by atoms with E-state index in [2.05, 4.69) is 12.3 Å². The molecule has 2 nitrogen and oxygen atoms in total. The Kier molecular flexibility index (Phi) is 4.59. The van der Waals surface area contributed by atoms with Crippen molar-refractivity contribution >= 4 is 0 Å². The van der Waals surface area contributed by atoms with Crippen LogP contribution >= 0.6 is 0 Å². The summed E-state index contributed by atoms with van der Waals surface area (Å²) in [5, 5.41) is 0. The number of nitrogens with two attached hydrogens (primary N) is 1. The van der Waals surface area contributed by atoms with Crippen LogP contribution in [0.15, 0.2) is 0 Å². The first kappa shape index (κ1) is 14.2. The largest absolute Gasteiger partial charge is 0.271 e. The molecule has 0 heterocycles. The second-order valence-corrected chi connectivity index (χ2v) is 6.42. The van der Waals surface area contributed by atoms with Crippen LogP contribution in [0, 0.1) is 17.8 Å². The molecule has 2 saturated carbocycles. The average molecular weight is 260 g/mol. The van der Waals surface area contributed by atoms with Gasteiger partial charge in [-0.25, -0.2) is 8.78 Å². The van der Waals surface area contributed by atoms with Gasteiger partial charge < -0.3 is 0 Å². The third-order valence-electron chi connectivity index (χ3n) is 4.95. The van der Waals surface area contributed by atoms with Gasteiger partial charge >= 0.3 is 0 Å². The van der Waals surface area contributed by atoms with Crippen LogP contribution in [0.25, 0.3) is 0 Å². The van der Waals surface area contributed by atoms with E-state index in [4.69, 9.17) is 5.84 Å². The van der Waals surface area contributed by atoms with Gasteiger partial charge in [0.05, 0.1) is 0 Å². The zero-order chi connectivity index (χ0) is 13.2. The van der Waals surface area contributed by atoms with E-state index in [9.17, 15) is 8.78 Å². The van der Waals surface area contributed by atoms with Crippen molar-refractivity contribution in [1.82, 2.24) is 5.43 Å². The Balaban J connectivity index is 1.92. The molecule has 0 aromatic heterocycles. The third kappa shape index (κ3) is 3.41. The van der Waals surface area contributed by atoms with Crippen molar-refractivity contribution < 1.29 is 8.78 Å². The number of hydrogen-bond donors (Lipinski definition) is 2. The van der Waals surface area contributed by atoms with Crippen LogP contribution in [0.4, 0.5) is 8.78 Å². The third-order valence-corrected chi connectivity index (χ3v) is 4.95. The predicted octanol–water partition coefficient (Wildman–Crippen LogP) is 3.47. The molecule has 0 aromatic carbocycles. The van der Waals surface area contributed by atoms with E-state index in [1.165, 1.54) is 25.7 Å². The highest BCUT2D eigenvalue weighted by Crippen LogP contribution is 2.41. The molecule has 18 heavy (non-hydrogen) atoms. The van der Waals surface area contributed by atoms with E-state index in [1.54, 1.807) is 0 Å². The maximum absolute atomic E-state index is 13.2. The highest BCUT2D eigenvalue weighted by atomic mass is 19.3. The molecule has 0 spiro atoms. The quantitative estimate of drug-likeness (QED) is 0.602. The Morgan fingerprint density at radius 3 is 2.33 bits per heavy atom. The molecule has 0 aliphatic heterocycles. The topological polar surface area (TPSA) is 38.0 Å². The monoisotopic (exact) mass is 260 g/mol. The summed E-state index contributed by atoms with van der Waals surface area (Å²) >= 11 is 0. The molecule has 0 aromatic rings. The molecule has 0 radical (unpaired) electrons. The fourth-order valence-corrected chi connectivity index (χ4v) is 3.89. The van der Waals surface area contributed by atoms with E-state index >= 15 is 0 Å². The molecule has 2 aliphatic rings. The second-order valence-electron chi connectivity index (χ2n) is 6.42. The number of hydrogen-bond acceptors (Lipinski definition) is 2. The van der Waals surface area contributed by atoms with Crippen LogP contribution in [0.1, 0.15) is 58.3 Å². The van der Waals surface area contributed by atoms with E-state index in [0.717, 1.165) is 5.92 Å². The van der Waals surface area contributed by atoms with E-state index in [1.807, 2.05) is 0 Å². The lowest BCUT2D eigenvalue weighted by atomic mass is 9.71. The summed E-state index contributed by atoms with van der Waals surface area (Å²) in [6, 6.07) is 0.240. The summed E-state index contributed by atoms with van der Waals surface area (Å²) in [6.45, 7) is 2.29. The van der Waals surface area contributed by atoms with Gasteiger partial charge in [-0.05, 0) is 43.4 Å². The van der Waals surface area contributed by atoms with Crippen molar-refractivity contribution in [3.63, 3.8) is 0 Å². The van der Waals surface area contributed by atoms with Gasteiger partial charge in [-0.2, -0.15) is 0 Å². The molecule has 2 rings (SSSR count). The Morgan fingerprint density at radius 1 is 1.11 bits per heavy atom. The van der Waals surface area contributed by atoms with Gasteiger partial charge in [0, 0.05) is 18.9 Å². The van der Waals surface area contributed by atoms with Gasteiger partial charge in [0.15, 0.2) is 0 Å². The van der Waals surface area contributed by atoms with Gasteiger partial charge in [0.1, 0.15) is 0 Å². The molecular weight excluding hydrogens is 234 g/mol. The van der Waals surface area contributed by atoms with Gasteiger partial charge in [-0.15, -0.1) is 0 Å². The van der Waals surface area contributed by atoms with Gasteiger partial charge in [0.25, 0.3) is 0 Å². The van der Waals surface area contributed by atoms with Crippen molar-refractivity contribution in [2.24, 2.45) is 23.6 Å². The van der Waals surface area contributed by atoms with Crippen LogP contribution in [0.5, 0.6) is 0 Å². The van der Waals surface area contributed by atoms with Gasteiger partial charge in [-0.1, -0.05) is 19.8 Å². The van der Waals surface area contributed by atoms with E-state index in [-0.39, 0.29) is 18.9 Å². The molecule has 2 aliphatic carbocycles. The van der Waals surface area contributed by atoms with Crippen LogP contribution < -0.4 is 11.3 Å². The number of rotatable bonds is 3. The SMILES string of the molecule is CC1CCCC(C(NN)C2CCC(F)(F)CC2)C1. The summed E-state index contributed by atoms with van der Waals surface area (Å²) in [7, 11) is 0. The smallest absolute Gasteiger partial charge is 0.248 e. The van der Waals surface area contributed by atoms with Gasteiger partial charge in [0.2, 0.25) is 5.92 Å². The van der Waals surface area contributed by atoms with Crippen molar-refractivity contribution in [1.29, 1.82) is 0 Å². The molecule has 2 fully saturated rings.